The number of likely N-dealkylation sites (N-methyl/N-ethyl adjacent to an activating group) is 1. The number of carbonyl (C=O) groups excluding carboxylic acids is 1. The van der Waals surface area contributed by atoms with E-state index in [0.29, 0.717) is 34.7 Å². The fourth-order valence-electron chi connectivity index (χ4n) is 6.35. The number of hydrogen-bond acceptors (Lipinski definition) is 8. The first kappa shape index (κ1) is 24.7. The highest BCUT2D eigenvalue weighted by molar-refractivity contribution is 5.94. The topological polar surface area (TPSA) is 112 Å². The molecule has 3 atom stereocenters. The number of aryl methyl sites for hydroxylation is 1. The molecule has 4 fully saturated rings. The molecule has 6 rings (SSSR count). The fraction of sp³-hybridized carbons (Fsp3) is 0.630. The molecule has 9 heteroatoms. The lowest BCUT2D eigenvalue weighted by atomic mass is 9.45. The van der Waals surface area contributed by atoms with Crippen LogP contribution in [0, 0.1) is 30.1 Å². The third kappa shape index (κ3) is 4.98. The summed E-state index contributed by atoms with van der Waals surface area (Å²) in [5.41, 5.74) is 8.16. The first-order valence-corrected chi connectivity index (χ1v) is 13.3. The molecule has 2 bridgehead atoms. The summed E-state index contributed by atoms with van der Waals surface area (Å²) in [6.07, 6.45) is 5.01. The fourth-order valence-corrected chi connectivity index (χ4v) is 6.35. The van der Waals surface area contributed by atoms with E-state index in [1.807, 2.05) is 13.0 Å². The standard InChI is InChI=1S/C27H40N8O/c1-17-6-7-18(23(28)36)14-22(17)30-25-31-24(29-16-19-8-9-20-15-21(19)27(20,2)3)32-26(33-25)35-11-5-10-34(4)12-13-35/h6-7,14,19-21H,5,8-13,15-16H2,1-4H3,(H2,28,36)(H2,29,30,31,32,33). The van der Waals surface area contributed by atoms with Crippen LogP contribution in [0.3, 0.4) is 0 Å². The molecule has 1 aromatic heterocycles. The van der Waals surface area contributed by atoms with Crippen LogP contribution in [0.2, 0.25) is 0 Å². The van der Waals surface area contributed by atoms with Crippen molar-refractivity contribution in [2.45, 2.75) is 46.5 Å². The number of fused-ring (bicyclic) bond motifs is 2. The van der Waals surface area contributed by atoms with E-state index in [-0.39, 0.29) is 0 Å². The number of nitrogens with zero attached hydrogens (tertiary/aromatic N) is 5. The van der Waals surface area contributed by atoms with E-state index in [0.717, 1.165) is 62.2 Å². The van der Waals surface area contributed by atoms with Crippen LogP contribution in [0.4, 0.5) is 23.5 Å². The molecule has 2 heterocycles. The monoisotopic (exact) mass is 492 g/mol. The molecule has 0 radical (unpaired) electrons. The van der Waals surface area contributed by atoms with Gasteiger partial charge in [-0.25, -0.2) is 0 Å². The average molecular weight is 493 g/mol. The number of nitrogens with one attached hydrogen (secondary N) is 2. The van der Waals surface area contributed by atoms with E-state index in [9.17, 15) is 4.79 Å². The van der Waals surface area contributed by atoms with Crippen LogP contribution in [-0.4, -0.2) is 65.5 Å². The third-order valence-electron chi connectivity index (χ3n) is 8.92. The molecule has 1 saturated heterocycles. The summed E-state index contributed by atoms with van der Waals surface area (Å²) in [6.45, 7) is 11.5. The zero-order chi connectivity index (χ0) is 25.4. The van der Waals surface area contributed by atoms with Gasteiger partial charge in [0, 0.05) is 37.4 Å². The van der Waals surface area contributed by atoms with Crippen molar-refractivity contribution in [3.8, 4) is 0 Å². The molecule has 9 nitrogen and oxygen atoms in total. The van der Waals surface area contributed by atoms with Crippen molar-refractivity contribution in [1.82, 2.24) is 19.9 Å². The molecule has 3 aliphatic carbocycles. The molecule has 3 unspecified atom stereocenters. The minimum absolute atomic E-state index is 0.447. The lowest BCUT2D eigenvalue weighted by molar-refractivity contribution is -0.100. The van der Waals surface area contributed by atoms with Crippen molar-refractivity contribution in [1.29, 1.82) is 0 Å². The Bertz CT molecular complexity index is 1120. The summed E-state index contributed by atoms with van der Waals surface area (Å²) in [4.78, 5) is 30.7. The molecular weight excluding hydrogens is 452 g/mol. The van der Waals surface area contributed by atoms with Gasteiger partial charge in [-0.15, -0.1) is 0 Å². The molecule has 4 aliphatic rings. The number of aromatic nitrogens is 3. The van der Waals surface area contributed by atoms with Crippen molar-refractivity contribution < 1.29 is 4.79 Å². The van der Waals surface area contributed by atoms with Gasteiger partial charge >= 0.3 is 0 Å². The molecule has 4 N–H and O–H groups in total. The van der Waals surface area contributed by atoms with E-state index in [1.54, 1.807) is 12.1 Å². The molecule has 1 aromatic carbocycles. The Morgan fingerprint density at radius 3 is 2.67 bits per heavy atom. The van der Waals surface area contributed by atoms with E-state index in [2.05, 4.69) is 41.3 Å². The van der Waals surface area contributed by atoms with E-state index < -0.39 is 5.91 Å². The van der Waals surface area contributed by atoms with Crippen molar-refractivity contribution in [2.75, 3.05) is 55.3 Å². The first-order valence-electron chi connectivity index (χ1n) is 13.3. The second-order valence-corrected chi connectivity index (χ2v) is 11.5. The largest absolute Gasteiger partial charge is 0.366 e. The van der Waals surface area contributed by atoms with Crippen LogP contribution in [0.25, 0.3) is 0 Å². The maximum atomic E-state index is 11.7. The van der Waals surface area contributed by atoms with Crippen LogP contribution in [0.15, 0.2) is 18.2 Å². The van der Waals surface area contributed by atoms with Gasteiger partial charge in [-0.1, -0.05) is 19.9 Å². The SMILES string of the molecule is Cc1ccc(C(N)=O)cc1Nc1nc(NCC2CCC3CC2C3(C)C)nc(N2CCCN(C)CC2)n1. The maximum absolute atomic E-state index is 11.7. The molecule has 3 saturated carbocycles. The molecule has 0 spiro atoms. The van der Waals surface area contributed by atoms with Crippen LogP contribution in [0.1, 0.15) is 55.5 Å². The van der Waals surface area contributed by atoms with Gasteiger partial charge in [-0.2, -0.15) is 15.0 Å². The highest BCUT2D eigenvalue weighted by atomic mass is 16.1. The van der Waals surface area contributed by atoms with E-state index in [1.165, 1.54) is 19.3 Å². The number of benzene rings is 1. The lowest BCUT2D eigenvalue weighted by Crippen LogP contribution is -2.53. The average Bonchev–Trinajstić information content (AvgIpc) is 3.08. The van der Waals surface area contributed by atoms with Gasteiger partial charge in [0.05, 0.1) is 0 Å². The van der Waals surface area contributed by atoms with Gasteiger partial charge in [0.15, 0.2) is 0 Å². The highest BCUT2D eigenvalue weighted by Crippen LogP contribution is 2.61. The van der Waals surface area contributed by atoms with E-state index in [4.69, 9.17) is 20.7 Å². The van der Waals surface area contributed by atoms with Crippen LogP contribution in [-0.2, 0) is 0 Å². The Kier molecular flexibility index (Phi) is 6.76. The minimum atomic E-state index is -0.459. The number of rotatable bonds is 7. The predicted molar refractivity (Wildman–Crippen MR) is 144 cm³/mol. The van der Waals surface area contributed by atoms with Crippen molar-refractivity contribution in [3.63, 3.8) is 0 Å². The third-order valence-corrected chi connectivity index (χ3v) is 8.92. The first-order chi connectivity index (χ1) is 17.2. The Morgan fingerprint density at radius 1 is 1.11 bits per heavy atom. The second-order valence-electron chi connectivity index (χ2n) is 11.5. The molecule has 194 valence electrons. The summed E-state index contributed by atoms with van der Waals surface area (Å²) in [5, 5.41) is 6.90. The summed E-state index contributed by atoms with van der Waals surface area (Å²) in [5.74, 6) is 3.59. The molecule has 1 amide bonds. The Balaban J connectivity index is 1.39. The normalized spacial score (nSPS) is 25.6. The zero-order valence-electron chi connectivity index (χ0n) is 22.0. The van der Waals surface area contributed by atoms with Crippen molar-refractivity contribution in [2.24, 2.45) is 28.9 Å². The number of amides is 1. The van der Waals surface area contributed by atoms with Gasteiger partial charge in [-0.05, 0) is 87.1 Å². The van der Waals surface area contributed by atoms with Gasteiger partial charge in [0.25, 0.3) is 0 Å². The van der Waals surface area contributed by atoms with Gasteiger partial charge in [0.1, 0.15) is 0 Å². The summed E-state index contributed by atoms with van der Waals surface area (Å²) in [7, 11) is 2.15. The van der Waals surface area contributed by atoms with Crippen LogP contribution >= 0.6 is 0 Å². The molecule has 36 heavy (non-hydrogen) atoms. The number of nitrogens with two attached hydrogens (primary N) is 1. The van der Waals surface area contributed by atoms with Crippen molar-refractivity contribution in [3.05, 3.63) is 29.3 Å². The van der Waals surface area contributed by atoms with Crippen LogP contribution in [0.5, 0.6) is 0 Å². The smallest absolute Gasteiger partial charge is 0.248 e. The maximum Gasteiger partial charge on any atom is 0.248 e. The van der Waals surface area contributed by atoms with Crippen LogP contribution < -0.4 is 21.3 Å². The summed E-state index contributed by atoms with van der Waals surface area (Å²) < 4.78 is 0. The van der Waals surface area contributed by atoms with E-state index >= 15 is 0 Å². The van der Waals surface area contributed by atoms with Crippen molar-refractivity contribution >= 4 is 29.4 Å². The molecule has 2 aromatic rings. The lowest BCUT2D eigenvalue weighted by Gasteiger charge is -2.60. The van der Waals surface area contributed by atoms with Gasteiger partial charge in [-0.3, -0.25) is 4.79 Å². The molecule has 1 aliphatic heterocycles. The number of primary amides is 1. The number of hydrogen-bond donors (Lipinski definition) is 3. The number of carbonyl (C=O) groups is 1. The highest BCUT2D eigenvalue weighted by Gasteiger charge is 2.53. The zero-order valence-corrected chi connectivity index (χ0v) is 22.0. The Morgan fingerprint density at radius 2 is 1.92 bits per heavy atom. The van der Waals surface area contributed by atoms with Gasteiger partial charge < -0.3 is 26.2 Å². The Labute approximate surface area is 214 Å². The predicted octanol–water partition coefficient (Wildman–Crippen LogP) is 3.65. The summed E-state index contributed by atoms with van der Waals surface area (Å²) in [6, 6.07) is 5.37. The van der Waals surface area contributed by atoms with Gasteiger partial charge in [0.2, 0.25) is 23.8 Å². The quantitative estimate of drug-likeness (QED) is 0.537. The summed E-state index contributed by atoms with van der Waals surface area (Å²) >= 11 is 0. The second kappa shape index (κ2) is 9.84. The number of anilines is 4. The Hall–Kier alpha value is -2.94. The molecular formula is C27H40N8O. The minimum Gasteiger partial charge on any atom is -0.366 e.